The van der Waals surface area contributed by atoms with Gasteiger partial charge in [0.05, 0.1) is 11.2 Å². The number of nitrogens with zero attached hydrogens (tertiary/aromatic N) is 4. The van der Waals surface area contributed by atoms with Crippen molar-refractivity contribution in [2.24, 2.45) is 17.6 Å². The van der Waals surface area contributed by atoms with Crippen LogP contribution in [0.5, 0.6) is 11.2 Å². The molecule has 0 saturated heterocycles. The molecule has 6 rings (SSSR count). The van der Waals surface area contributed by atoms with Crippen LogP contribution in [0.3, 0.4) is 0 Å². The van der Waals surface area contributed by atoms with E-state index in [1.165, 1.54) is 11.3 Å². The third kappa shape index (κ3) is 3.02. The highest BCUT2D eigenvalue weighted by Gasteiger charge is 2.46. The van der Waals surface area contributed by atoms with Crippen LogP contribution in [0.2, 0.25) is 0 Å². The van der Waals surface area contributed by atoms with Gasteiger partial charge in [0.15, 0.2) is 0 Å². The molecular formula is C22H23FN6OS. The summed E-state index contributed by atoms with van der Waals surface area (Å²) in [6.45, 7) is 3.90. The van der Waals surface area contributed by atoms with Crippen molar-refractivity contribution in [1.82, 2.24) is 25.1 Å². The number of hydrogen-bond donors (Lipinski definition) is 2. The first-order chi connectivity index (χ1) is 15.0. The predicted molar refractivity (Wildman–Crippen MR) is 117 cm³/mol. The minimum Gasteiger partial charge on any atom is -0.394 e. The molecule has 3 heterocycles. The molecule has 9 heteroatoms. The fourth-order valence-electron chi connectivity index (χ4n) is 5.58. The zero-order chi connectivity index (χ0) is 21.3. The topological polar surface area (TPSA) is 103 Å². The SMILES string of the molecule is CCc1cc(F)cc2c1[nH]c1nc(Oc3nnc(C)s3)nc(C3C[C@H]4C[C@@H]3C[C@H]4N)c12. The van der Waals surface area contributed by atoms with Gasteiger partial charge in [0.25, 0.3) is 0 Å². The molecule has 1 aromatic carbocycles. The minimum atomic E-state index is -0.240. The molecular weight excluding hydrogens is 415 g/mol. The van der Waals surface area contributed by atoms with E-state index in [1.807, 2.05) is 13.8 Å². The summed E-state index contributed by atoms with van der Waals surface area (Å²) >= 11 is 1.35. The van der Waals surface area contributed by atoms with Crippen molar-refractivity contribution in [1.29, 1.82) is 0 Å². The van der Waals surface area contributed by atoms with Crippen molar-refractivity contribution < 1.29 is 9.13 Å². The highest BCUT2D eigenvalue weighted by atomic mass is 32.1. The summed E-state index contributed by atoms with van der Waals surface area (Å²) in [5, 5.41) is 11.0. The molecule has 2 fully saturated rings. The molecule has 3 aromatic heterocycles. The molecule has 0 amide bonds. The zero-order valence-corrected chi connectivity index (χ0v) is 18.2. The number of fused-ring (bicyclic) bond motifs is 5. The van der Waals surface area contributed by atoms with Crippen LogP contribution in [0.25, 0.3) is 21.9 Å². The Hall–Kier alpha value is -2.65. The van der Waals surface area contributed by atoms with Crippen LogP contribution in [0.15, 0.2) is 12.1 Å². The summed E-state index contributed by atoms with van der Waals surface area (Å²) in [6, 6.07) is 3.69. The van der Waals surface area contributed by atoms with Crippen molar-refractivity contribution in [2.45, 2.75) is 51.5 Å². The predicted octanol–water partition coefficient (Wildman–Crippen LogP) is 4.61. The Morgan fingerprint density at radius 1 is 1.19 bits per heavy atom. The van der Waals surface area contributed by atoms with Crippen LogP contribution in [0.4, 0.5) is 4.39 Å². The van der Waals surface area contributed by atoms with Gasteiger partial charge in [-0.3, -0.25) is 0 Å². The number of H-pyrrole nitrogens is 1. The molecule has 160 valence electrons. The number of halogens is 1. The van der Waals surface area contributed by atoms with Crippen LogP contribution in [0, 0.1) is 24.6 Å². The number of aromatic nitrogens is 5. The summed E-state index contributed by atoms with van der Waals surface area (Å²) in [6.07, 6.45) is 3.85. The molecule has 0 spiro atoms. The van der Waals surface area contributed by atoms with E-state index in [-0.39, 0.29) is 23.8 Å². The number of hydrogen-bond acceptors (Lipinski definition) is 7. The van der Waals surface area contributed by atoms with E-state index in [0.29, 0.717) is 22.7 Å². The van der Waals surface area contributed by atoms with Gasteiger partial charge in [-0.05, 0) is 62.1 Å². The summed E-state index contributed by atoms with van der Waals surface area (Å²) in [4.78, 5) is 12.9. The van der Waals surface area contributed by atoms with E-state index in [0.717, 1.165) is 58.2 Å². The van der Waals surface area contributed by atoms with Gasteiger partial charge in [-0.25, -0.2) is 4.39 Å². The quantitative estimate of drug-likeness (QED) is 0.482. The van der Waals surface area contributed by atoms with E-state index in [1.54, 1.807) is 12.1 Å². The number of rotatable bonds is 4. The van der Waals surface area contributed by atoms with Crippen molar-refractivity contribution in [3.05, 3.63) is 34.2 Å². The van der Waals surface area contributed by atoms with Gasteiger partial charge < -0.3 is 15.5 Å². The second-order valence-corrected chi connectivity index (χ2v) is 9.91. The van der Waals surface area contributed by atoms with Crippen LogP contribution in [-0.4, -0.2) is 31.2 Å². The van der Waals surface area contributed by atoms with Crippen LogP contribution in [-0.2, 0) is 6.42 Å². The van der Waals surface area contributed by atoms with E-state index in [9.17, 15) is 4.39 Å². The smallest absolute Gasteiger partial charge is 0.326 e. The van der Waals surface area contributed by atoms with Crippen molar-refractivity contribution in [3.8, 4) is 11.2 Å². The molecule has 2 aliphatic rings. The fraction of sp³-hybridized carbons (Fsp3) is 0.455. The maximum Gasteiger partial charge on any atom is 0.326 e. The van der Waals surface area contributed by atoms with Gasteiger partial charge >= 0.3 is 11.2 Å². The Kier molecular flexibility index (Phi) is 4.26. The lowest BCUT2D eigenvalue weighted by atomic mass is 9.83. The summed E-state index contributed by atoms with van der Waals surface area (Å²) < 4.78 is 20.3. The average molecular weight is 439 g/mol. The Morgan fingerprint density at radius 3 is 2.74 bits per heavy atom. The number of benzene rings is 1. The lowest BCUT2D eigenvalue weighted by molar-refractivity contribution is 0.367. The fourth-order valence-corrected chi connectivity index (χ4v) is 6.12. The first kappa shape index (κ1) is 19.1. The van der Waals surface area contributed by atoms with Crippen LogP contribution >= 0.6 is 11.3 Å². The Bertz CT molecular complexity index is 1310. The normalized spacial score (nSPS) is 25.2. The lowest BCUT2D eigenvalue weighted by Crippen LogP contribution is -2.29. The summed E-state index contributed by atoms with van der Waals surface area (Å²) in [5.74, 6) is 1.03. The second-order valence-electron chi connectivity index (χ2n) is 8.77. The number of nitrogens with one attached hydrogen (secondary N) is 1. The van der Waals surface area contributed by atoms with Crippen molar-refractivity contribution in [2.75, 3.05) is 0 Å². The lowest BCUT2D eigenvalue weighted by Gasteiger charge is -2.25. The minimum absolute atomic E-state index is 0.240. The Balaban J connectivity index is 1.56. The maximum absolute atomic E-state index is 14.5. The summed E-state index contributed by atoms with van der Waals surface area (Å²) in [7, 11) is 0. The van der Waals surface area contributed by atoms with Gasteiger partial charge in [-0.15, -0.1) is 5.10 Å². The van der Waals surface area contributed by atoms with Gasteiger partial charge in [0, 0.05) is 22.7 Å². The highest BCUT2D eigenvalue weighted by Crippen LogP contribution is 2.53. The van der Waals surface area contributed by atoms with Gasteiger partial charge in [0.1, 0.15) is 16.5 Å². The van der Waals surface area contributed by atoms with Crippen molar-refractivity contribution in [3.63, 3.8) is 0 Å². The van der Waals surface area contributed by atoms with E-state index >= 15 is 0 Å². The Labute approximate surface area is 182 Å². The monoisotopic (exact) mass is 438 g/mol. The third-order valence-corrected chi connectivity index (χ3v) is 7.66. The standard InChI is InChI=1S/C22H23FN6OS/c1-3-10-5-13(23)8-15-17-19(14-6-12-4-11(14)7-16(12)24)26-21(27-20(17)25-18(10)15)30-22-29-28-9(2)31-22/h5,8,11-12,14,16H,3-4,6-7,24H2,1-2H3,(H,25,26,27)/t11-,12-,14?,16-/m1/s1. The zero-order valence-electron chi connectivity index (χ0n) is 17.4. The molecule has 0 radical (unpaired) electrons. The second kappa shape index (κ2) is 6.93. The molecule has 2 saturated carbocycles. The third-order valence-electron chi connectivity index (χ3n) is 6.94. The van der Waals surface area contributed by atoms with E-state index in [4.69, 9.17) is 15.5 Å². The number of aryl methyl sites for hydroxylation is 2. The van der Waals surface area contributed by atoms with Gasteiger partial charge in [0.2, 0.25) is 0 Å². The molecule has 4 aromatic rings. The molecule has 31 heavy (non-hydrogen) atoms. The highest BCUT2D eigenvalue weighted by molar-refractivity contribution is 7.13. The van der Waals surface area contributed by atoms with E-state index < -0.39 is 0 Å². The van der Waals surface area contributed by atoms with Crippen molar-refractivity contribution >= 4 is 33.3 Å². The number of ether oxygens (including phenoxy) is 1. The first-order valence-electron chi connectivity index (χ1n) is 10.8. The summed E-state index contributed by atoms with van der Waals surface area (Å²) in [5.41, 5.74) is 9.75. The molecule has 4 atom stereocenters. The Morgan fingerprint density at radius 2 is 2.06 bits per heavy atom. The largest absolute Gasteiger partial charge is 0.394 e. The number of aromatic amines is 1. The molecule has 2 aliphatic carbocycles. The maximum atomic E-state index is 14.5. The molecule has 2 bridgehead atoms. The van der Waals surface area contributed by atoms with Gasteiger partial charge in [-0.2, -0.15) is 9.97 Å². The molecule has 7 nitrogen and oxygen atoms in total. The first-order valence-corrected chi connectivity index (χ1v) is 11.6. The van der Waals surface area contributed by atoms with Crippen LogP contribution in [0.1, 0.15) is 48.4 Å². The van der Waals surface area contributed by atoms with Gasteiger partial charge in [-0.1, -0.05) is 23.4 Å². The molecule has 1 unspecified atom stereocenters. The molecule has 3 N–H and O–H groups in total. The number of nitrogens with two attached hydrogens (primary N) is 1. The van der Waals surface area contributed by atoms with Crippen LogP contribution < -0.4 is 10.5 Å². The van der Waals surface area contributed by atoms with E-state index in [2.05, 4.69) is 20.2 Å². The molecule has 0 aliphatic heterocycles. The average Bonchev–Trinajstić information content (AvgIpc) is 3.50.